The van der Waals surface area contributed by atoms with Gasteiger partial charge in [0.05, 0.1) is 25.2 Å². The summed E-state index contributed by atoms with van der Waals surface area (Å²) in [5, 5.41) is 34.2. The van der Waals surface area contributed by atoms with E-state index in [4.69, 9.17) is 20.3 Å². The van der Waals surface area contributed by atoms with Crippen molar-refractivity contribution in [1.29, 1.82) is 0 Å². The van der Waals surface area contributed by atoms with Crippen LogP contribution in [0.3, 0.4) is 0 Å². The highest BCUT2D eigenvalue weighted by molar-refractivity contribution is 6.15. The molecule has 4 N–H and O–H groups in total. The molecule has 65 valence electrons. The minimum Gasteiger partial charge on any atom is -0.429 e. The van der Waals surface area contributed by atoms with Gasteiger partial charge in [0.25, 0.3) is 0 Å². The van der Waals surface area contributed by atoms with Gasteiger partial charge < -0.3 is 25.0 Å². The van der Waals surface area contributed by atoms with Gasteiger partial charge in [0, 0.05) is 6.61 Å². The van der Waals surface area contributed by atoms with E-state index < -0.39 is 25.2 Å². The number of rotatable bonds is 6. The molecule has 0 atom stereocenters. The summed E-state index contributed by atoms with van der Waals surface area (Å²) in [5.41, 5.74) is -1.07. The molecule has 1 radical (unpaired) electrons. The molecule has 0 rings (SSSR count). The second kappa shape index (κ2) is 5.51. The average Bonchev–Trinajstić information content (AvgIpc) is 2.08. The lowest BCUT2D eigenvalue weighted by molar-refractivity contribution is -0.0281. The van der Waals surface area contributed by atoms with Crippen molar-refractivity contribution in [2.75, 3.05) is 26.4 Å². The lowest BCUT2D eigenvalue weighted by Gasteiger charge is -2.26. The molecule has 0 unspecified atom stereocenters. The lowest BCUT2D eigenvalue weighted by Crippen LogP contribution is -2.39. The summed E-state index contributed by atoms with van der Waals surface area (Å²) in [5.74, 6) is 0. The van der Waals surface area contributed by atoms with Gasteiger partial charge in [0.1, 0.15) is 0 Å². The van der Waals surface area contributed by atoms with Crippen molar-refractivity contribution >= 4 is 7.69 Å². The fourth-order valence-electron chi connectivity index (χ4n) is 0.501. The van der Waals surface area contributed by atoms with Crippen LogP contribution in [0.4, 0.5) is 0 Å². The van der Waals surface area contributed by atoms with Crippen LogP contribution >= 0.6 is 0 Å². The van der Waals surface area contributed by atoms with Crippen LogP contribution in [0.5, 0.6) is 0 Å². The minimum atomic E-state index is -1.07. The molecule has 0 amide bonds. The first-order valence-corrected chi connectivity index (χ1v) is 3.15. The van der Waals surface area contributed by atoms with Gasteiger partial charge in [0.2, 0.25) is 0 Å². The van der Waals surface area contributed by atoms with E-state index in [-0.39, 0.29) is 6.61 Å². The maximum Gasteiger partial charge on any atom is 0.485 e. The molecule has 0 aliphatic carbocycles. The maximum absolute atomic E-state index is 8.71. The van der Waals surface area contributed by atoms with E-state index in [2.05, 4.69) is 4.65 Å². The zero-order valence-corrected chi connectivity index (χ0v) is 6.10. The monoisotopic (exact) mass is 163 g/mol. The molecule has 0 saturated carbocycles. The molecule has 0 spiro atoms. The molecule has 0 bridgehead atoms. The van der Waals surface area contributed by atoms with Crippen LogP contribution in [0.25, 0.3) is 0 Å². The summed E-state index contributed by atoms with van der Waals surface area (Å²) in [4.78, 5) is 0. The highest BCUT2D eigenvalue weighted by atomic mass is 16.5. The van der Waals surface area contributed by atoms with Gasteiger partial charge in [-0.1, -0.05) is 0 Å². The van der Waals surface area contributed by atoms with Gasteiger partial charge in [-0.2, -0.15) is 0 Å². The van der Waals surface area contributed by atoms with Gasteiger partial charge in [-0.25, -0.2) is 0 Å². The van der Waals surface area contributed by atoms with Crippen molar-refractivity contribution in [2.24, 2.45) is 5.41 Å². The van der Waals surface area contributed by atoms with Crippen molar-refractivity contribution in [1.82, 2.24) is 0 Å². The Labute approximate surface area is 65.5 Å². The average molecular weight is 163 g/mol. The first-order chi connectivity index (χ1) is 5.24. The van der Waals surface area contributed by atoms with Gasteiger partial charge in [-0.15, -0.1) is 0 Å². The fourth-order valence-corrected chi connectivity index (χ4v) is 0.501. The molecule has 0 aliphatic heterocycles. The molecule has 0 aromatic carbocycles. The van der Waals surface area contributed by atoms with Crippen molar-refractivity contribution in [3.05, 3.63) is 0 Å². The van der Waals surface area contributed by atoms with Crippen LogP contribution in [0.2, 0.25) is 0 Å². The summed E-state index contributed by atoms with van der Waals surface area (Å²) in [6.07, 6.45) is 0. The van der Waals surface area contributed by atoms with Crippen LogP contribution in [0.15, 0.2) is 0 Å². The van der Waals surface area contributed by atoms with E-state index in [9.17, 15) is 0 Å². The van der Waals surface area contributed by atoms with Crippen molar-refractivity contribution in [2.45, 2.75) is 0 Å². The van der Waals surface area contributed by atoms with Crippen molar-refractivity contribution in [3.63, 3.8) is 0 Å². The van der Waals surface area contributed by atoms with Crippen LogP contribution in [0.1, 0.15) is 0 Å². The predicted molar refractivity (Wildman–Crippen MR) is 37.6 cm³/mol. The molecule has 11 heavy (non-hydrogen) atoms. The van der Waals surface area contributed by atoms with E-state index in [0.29, 0.717) is 7.69 Å². The summed E-state index contributed by atoms with van der Waals surface area (Å²) in [7, 11) is 0.454. The molecule has 0 fully saturated rings. The molecule has 0 saturated heterocycles. The molecule has 0 aromatic rings. The Morgan fingerprint density at radius 1 is 1.09 bits per heavy atom. The smallest absolute Gasteiger partial charge is 0.429 e. The minimum absolute atomic E-state index is 0.118. The number of hydrogen-bond acceptors (Lipinski definition) is 5. The van der Waals surface area contributed by atoms with Gasteiger partial charge in [-0.3, -0.25) is 0 Å². The first kappa shape index (κ1) is 10.9. The summed E-state index contributed by atoms with van der Waals surface area (Å²) in [6.45, 7) is -1.30. The van der Waals surface area contributed by atoms with Crippen LogP contribution < -0.4 is 0 Å². The number of aliphatic hydroxyl groups excluding tert-OH is 3. The number of hydrogen-bond donors (Lipinski definition) is 4. The third-order valence-corrected chi connectivity index (χ3v) is 1.47. The molecule has 5 nitrogen and oxygen atoms in total. The highest BCUT2D eigenvalue weighted by Gasteiger charge is 2.28. The van der Waals surface area contributed by atoms with E-state index in [1.807, 2.05) is 0 Å². The zero-order valence-electron chi connectivity index (χ0n) is 6.10. The topological polar surface area (TPSA) is 90.2 Å². The van der Waals surface area contributed by atoms with Crippen molar-refractivity contribution < 1.29 is 25.0 Å². The van der Waals surface area contributed by atoms with E-state index in [1.165, 1.54) is 0 Å². The van der Waals surface area contributed by atoms with Crippen LogP contribution in [-0.2, 0) is 4.65 Å². The van der Waals surface area contributed by atoms with Gasteiger partial charge >= 0.3 is 7.69 Å². The second-order valence-corrected chi connectivity index (χ2v) is 2.39. The highest BCUT2D eigenvalue weighted by Crippen LogP contribution is 2.14. The van der Waals surface area contributed by atoms with Crippen molar-refractivity contribution in [3.8, 4) is 0 Å². The Balaban J connectivity index is 3.84. The normalized spacial score (nSPS) is 11.6. The maximum atomic E-state index is 8.71. The summed E-state index contributed by atoms with van der Waals surface area (Å²) >= 11 is 0. The molecule has 0 aliphatic rings. The largest absolute Gasteiger partial charge is 0.485 e. The number of aliphatic hydroxyl groups is 3. The SMILES string of the molecule is O[B]OCC(CO)(CO)CO. The quantitative estimate of drug-likeness (QED) is 0.325. The third kappa shape index (κ3) is 3.17. The molecule has 6 heteroatoms. The standard InChI is InChI=1S/C5H12BO5/c7-1-5(2-8,3-9)4-11-6-10/h7-10H,1-4H2. The Kier molecular flexibility index (Phi) is 5.44. The molecule has 0 heterocycles. The fraction of sp³-hybridized carbons (Fsp3) is 1.00. The zero-order chi connectivity index (χ0) is 8.74. The third-order valence-electron chi connectivity index (χ3n) is 1.47. The molecule has 0 aromatic heterocycles. The lowest BCUT2D eigenvalue weighted by atomic mass is 9.92. The van der Waals surface area contributed by atoms with Gasteiger partial charge in [-0.05, 0) is 0 Å². The van der Waals surface area contributed by atoms with E-state index in [0.717, 1.165) is 0 Å². The molecular formula is C5H12BO5. The molecular weight excluding hydrogens is 151 g/mol. The Morgan fingerprint density at radius 2 is 1.55 bits per heavy atom. The predicted octanol–water partition coefficient (Wildman–Crippen LogP) is -2.51. The van der Waals surface area contributed by atoms with Gasteiger partial charge in [0.15, 0.2) is 0 Å². The summed E-state index contributed by atoms with van der Waals surface area (Å²) in [6, 6.07) is 0. The second-order valence-electron chi connectivity index (χ2n) is 2.39. The van der Waals surface area contributed by atoms with E-state index in [1.54, 1.807) is 0 Å². The Bertz CT molecular complexity index is 86.6. The summed E-state index contributed by atoms with van der Waals surface area (Å²) < 4.78 is 4.42. The Morgan fingerprint density at radius 3 is 1.82 bits per heavy atom. The van der Waals surface area contributed by atoms with E-state index >= 15 is 0 Å². The van der Waals surface area contributed by atoms with Crippen LogP contribution in [-0.4, -0.2) is 54.5 Å². The first-order valence-electron chi connectivity index (χ1n) is 3.15. The van der Waals surface area contributed by atoms with Crippen LogP contribution in [0, 0.1) is 5.41 Å². The Hall–Kier alpha value is -0.135.